The topological polar surface area (TPSA) is 49.4 Å². The summed E-state index contributed by atoms with van der Waals surface area (Å²) >= 11 is 0. The molecule has 2 amide bonds. The summed E-state index contributed by atoms with van der Waals surface area (Å²) in [5, 5.41) is 3.02. The summed E-state index contributed by atoms with van der Waals surface area (Å²) in [5.41, 5.74) is -0.657. The molecule has 0 aromatic heterocycles. The van der Waals surface area contributed by atoms with Crippen LogP contribution in [0.4, 0.5) is 0 Å². The van der Waals surface area contributed by atoms with Gasteiger partial charge in [-0.1, -0.05) is 26.2 Å². The first-order valence-corrected chi connectivity index (χ1v) is 8.60. The van der Waals surface area contributed by atoms with Gasteiger partial charge in [-0.05, 0) is 51.4 Å². The molecule has 1 N–H and O–H groups in total. The lowest BCUT2D eigenvalue weighted by atomic mass is 9.85. The molecule has 0 aromatic rings. The highest BCUT2D eigenvalue weighted by molar-refractivity contribution is 6.00. The van der Waals surface area contributed by atoms with Crippen LogP contribution in [0, 0.1) is 11.8 Å². The molecule has 4 nitrogen and oxygen atoms in total. The van der Waals surface area contributed by atoms with Crippen molar-refractivity contribution in [2.24, 2.45) is 11.8 Å². The Morgan fingerprint density at radius 2 is 1.71 bits per heavy atom. The minimum atomic E-state index is -0.657. The van der Waals surface area contributed by atoms with E-state index in [9.17, 15) is 9.59 Å². The van der Waals surface area contributed by atoms with Crippen molar-refractivity contribution in [3.05, 3.63) is 0 Å². The summed E-state index contributed by atoms with van der Waals surface area (Å²) in [6.07, 6.45) is 8.01. The van der Waals surface area contributed by atoms with Gasteiger partial charge in [0.2, 0.25) is 11.8 Å². The molecule has 2 aliphatic carbocycles. The molecule has 3 fully saturated rings. The van der Waals surface area contributed by atoms with Gasteiger partial charge < -0.3 is 10.2 Å². The lowest BCUT2D eigenvalue weighted by Crippen LogP contribution is -2.71. The van der Waals surface area contributed by atoms with Crippen molar-refractivity contribution in [2.75, 3.05) is 0 Å². The van der Waals surface area contributed by atoms with Gasteiger partial charge in [0.1, 0.15) is 11.6 Å². The largest absolute Gasteiger partial charge is 0.340 e. The Labute approximate surface area is 127 Å². The third kappa shape index (κ3) is 2.47. The Bertz CT molecular complexity index is 446. The van der Waals surface area contributed by atoms with Crippen LogP contribution in [0.5, 0.6) is 0 Å². The summed E-state index contributed by atoms with van der Waals surface area (Å²) in [5.74, 6) is 1.02. The molecule has 4 heteroatoms. The van der Waals surface area contributed by atoms with Crippen LogP contribution >= 0.6 is 0 Å². The highest BCUT2D eigenvalue weighted by Gasteiger charge is 2.56. The summed E-state index contributed by atoms with van der Waals surface area (Å²) in [6, 6.07) is -0.0889. The smallest absolute Gasteiger partial charge is 0.249 e. The minimum absolute atomic E-state index is 0.0282. The van der Waals surface area contributed by atoms with E-state index in [1.54, 1.807) is 0 Å². The number of nitrogens with one attached hydrogen (secondary N) is 1. The third-order valence-corrected chi connectivity index (χ3v) is 5.93. The molecule has 4 unspecified atom stereocenters. The predicted octanol–water partition coefficient (Wildman–Crippen LogP) is 2.47. The Balaban J connectivity index is 1.89. The van der Waals surface area contributed by atoms with Crippen LogP contribution in [0.25, 0.3) is 0 Å². The Morgan fingerprint density at radius 3 is 2.38 bits per heavy atom. The minimum Gasteiger partial charge on any atom is -0.340 e. The second-order valence-electron chi connectivity index (χ2n) is 7.54. The number of rotatable bonds is 2. The molecule has 0 bridgehead atoms. The van der Waals surface area contributed by atoms with Gasteiger partial charge in [0, 0.05) is 6.04 Å². The predicted molar refractivity (Wildman–Crippen MR) is 81.6 cm³/mol. The van der Waals surface area contributed by atoms with Gasteiger partial charge in [0.25, 0.3) is 0 Å². The zero-order chi connectivity index (χ0) is 15.2. The highest BCUT2D eigenvalue weighted by Crippen LogP contribution is 2.43. The van der Waals surface area contributed by atoms with Crippen molar-refractivity contribution in [2.45, 2.75) is 83.3 Å². The molecule has 1 aliphatic heterocycles. The third-order valence-electron chi connectivity index (χ3n) is 5.93. The van der Waals surface area contributed by atoms with Gasteiger partial charge in [0.15, 0.2) is 0 Å². The van der Waals surface area contributed by atoms with E-state index in [-0.39, 0.29) is 23.9 Å². The molecule has 0 radical (unpaired) electrons. The first kappa shape index (κ1) is 14.9. The van der Waals surface area contributed by atoms with E-state index in [4.69, 9.17) is 0 Å². The maximum atomic E-state index is 13.2. The number of piperazine rings is 1. The molecule has 118 valence electrons. The van der Waals surface area contributed by atoms with Crippen molar-refractivity contribution in [1.82, 2.24) is 10.2 Å². The number of amides is 2. The van der Waals surface area contributed by atoms with Gasteiger partial charge in [-0.25, -0.2) is 0 Å². The first-order valence-electron chi connectivity index (χ1n) is 8.60. The zero-order valence-electron chi connectivity index (χ0n) is 13.5. The number of carbonyl (C=O) groups is 2. The van der Waals surface area contributed by atoms with Gasteiger partial charge in [0.05, 0.1) is 0 Å². The summed E-state index contributed by atoms with van der Waals surface area (Å²) in [4.78, 5) is 27.5. The lowest BCUT2D eigenvalue weighted by Gasteiger charge is -2.48. The van der Waals surface area contributed by atoms with E-state index in [0.717, 1.165) is 19.3 Å². The summed E-state index contributed by atoms with van der Waals surface area (Å²) in [6.45, 7) is 6.07. The fourth-order valence-corrected chi connectivity index (χ4v) is 4.25. The maximum Gasteiger partial charge on any atom is 0.249 e. The molecular weight excluding hydrogens is 264 g/mol. The fourth-order valence-electron chi connectivity index (χ4n) is 4.25. The van der Waals surface area contributed by atoms with Gasteiger partial charge in [-0.2, -0.15) is 0 Å². The normalized spacial score (nSPS) is 41.7. The Hall–Kier alpha value is -1.06. The molecule has 3 rings (SSSR count). The number of hydrogen-bond donors (Lipinski definition) is 1. The van der Waals surface area contributed by atoms with Crippen LogP contribution in [0.1, 0.15) is 65.7 Å². The summed E-state index contributed by atoms with van der Waals surface area (Å²) < 4.78 is 0. The van der Waals surface area contributed by atoms with Crippen molar-refractivity contribution >= 4 is 11.8 Å². The van der Waals surface area contributed by atoms with Crippen molar-refractivity contribution in [3.8, 4) is 0 Å². The molecule has 2 saturated carbocycles. The second-order valence-corrected chi connectivity index (χ2v) is 7.54. The van der Waals surface area contributed by atoms with Crippen LogP contribution in [-0.2, 0) is 9.59 Å². The van der Waals surface area contributed by atoms with Crippen molar-refractivity contribution in [1.29, 1.82) is 0 Å². The number of hydrogen-bond acceptors (Lipinski definition) is 2. The standard InChI is InChI=1S/C17H28N2O2/c1-11-7-5-4-6-8-14(11)19-12(2)15(20)18-17(3,16(19)21)13-9-10-13/h11-14H,4-10H2,1-3H3,(H,18,20). The van der Waals surface area contributed by atoms with Crippen molar-refractivity contribution < 1.29 is 9.59 Å². The Morgan fingerprint density at radius 1 is 1.05 bits per heavy atom. The molecule has 0 spiro atoms. The van der Waals surface area contributed by atoms with E-state index in [1.165, 1.54) is 25.7 Å². The molecule has 21 heavy (non-hydrogen) atoms. The lowest BCUT2D eigenvalue weighted by molar-refractivity contribution is -0.159. The average Bonchev–Trinajstić information content (AvgIpc) is 3.26. The first-order chi connectivity index (χ1) is 9.95. The Kier molecular flexibility index (Phi) is 3.74. The van der Waals surface area contributed by atoms with E-state index >= 15 is 0 Å². The summed E-state index contributed by atoms with van der Waals surface area (Å²) in [7, 11) is 0. The maximum absolute atomic E-state index is 13.2. The van der Waals surface area contributed by atoms with Crippen LogP contribution in [0.15, 0.2) is 0 Å². The molecule has 3 aliphatic rings. The second kappa shape index (κ2) is 5.29. The monoisotopic (exact) mass is 292 g/mol. The molecule has 1 heterocycles. The fraction of sp³-hybridized carbons (Fsp3) is 0.882. The van der Waals surface area contributed by atoms with Crippen LogP contribution in [0.3, 0.4) is 0 Å². The molecule has 4 atom stereocenters. The highest BCUT2D eigenvalue weighted by atomic mass is 16.2. The van der Waals surface area contributed by atoms with Crippen molar-refractivity contribution in [3.63, 3.8) is 0 Å². The molecule has 1 saturated heterocycles. The zero-order valence-corrected chi connectivity index (χ0v) is 13.5. The van der Waals surface area contributed by atoms with Crippen LogP contribution in [-0.4, -0.2) is 34.3 Å². The van der Waals surface area contributed by atoms with Gasteiger partial charge in [-0.3, -0.25) is 9.59 Å². The van der Waals surface area contributed by atoms with Gasteiger partial charge in [-0.15, -0.1) is 0 Å². The number of carbonyl (C=O) groups excluding carboxylic acids is 2. The molecule has 0 aromatic carbocycles. The van der Waals surface area contributed by atoms with E-state index in [2.05, 4.69) is 12.2 Å². The van der Waals surface area contributed by atoms with Gasteiger partial charge >= 0.3 is 0 Å². The quantitative estimate of drug-likeness (QED) is 0.795. The van der Waals surface area contributed by atoms with Crippen LogP contribution < -0.4 is 5.32 Å². The van der Waals surface area contributed by atoms with E-state index in [1.807, 2.05) is 18.7 Å². The average molecular weight is 292 g/mol. The SMILES string of the molecule is CC1CCCCCC1N1C(=O)C(C)(C2CC2)NC(=O)C1C. The van der Waals surface area contributed by atoms with Crippen LogP contribution in [0.2, 0.25) is 0 Å². The molecular formula is C17H28N2O2. The van der Waals surface area contributed by atoms with E-state index < -0.39 is 5.54 Å². The van der Waals surface area contributed by atoms with E-state index in [0.29, 0.717) is 11.8 Å². The number of nitrogens with zero attached hydrogens (tertiary/aromatic N) is 1.